The molecule has 2 aromatic rings. The molecule has 4 heteroatoms. The first-order valence-corrected chi connectivity index (χ1v) is 6.64. The highest BCUT2D eigenvalue weighted by molar-refractivity contribution is 5.71. The molecule has 0 amide bonds. The highest BCUT2D eigenvalue weighted by Crippen LogP contribution is 2.28. The Labute approximate surface area is 118 Å². The van der Waals surface area contributed by atoms with Crippen LogP contribution in [0, 0.1) is 5.82 Å². The van der Waals surface area contributed by atoms with Crippen molar-refractivity contribution < 1.29 is 9.50 Å². The van der Waals surface area contributed by atoms with Crippen LogP contribution in [0.3, 0.4) is 0 Å². The van der Waals surface area contributed by atoms with E-state index in [1.165, 1.54) is 6.07 Å². The summed E-state index contributed by atoms with van der Waals surface area (Å²) in [5.41, 5.74) is 15.4. The molecule has 0 atom stereocenters. The summed E-state index contributed by atoms with van der Waals surface area (Å²) in [5, 5.41) is 9.14. The van der Waals surface area contributed by atoms with Crippen molar-refractivity contribution in [2.24, 2.45) is 5.73 Å². The molecule has 2 rings (SSSR count). The highest BCUT2D eigenvalue weighted by atomic mass is 19.1. The minimum Gasteiger partial charge on any atom is -0.399 e. The molecule has 3 nitrogen and oxygen atoms in total. The lowest BCUT2D eigenvalue weighted by molar-refractivity contribution is 0.300. The topological polar surface area (TPSA) is 72.3 Å². The van der Waals surface area contributed by atoms with E-state index < -0.39 is 0 Å². The summed E-state index contributed by atoms with van der Waals surface area (Å²) in [4.78, 5) is 0. The number of nitrogens with two attached hydrogens (primary N) is 2. The standard InChI is InChI=1S/C16H19FN2O/c17-16-4-2-12(9-13(16)5-7-18)15-10-14(19)3-1-11(15)6-8-20/h1-4,9-10,20H,5-8,18-19H2. The molecule has 0 aliphatic carbocycles. The summed E-state index contributed by atoms with van der Waals surface area (Å²) < 4.78 is 13.7. The van der Waals surface area contributed by atoms with Crippen LogP contribution in [0.1, 0.15) is 11.1 Å². The number of benzene rings is 2. The molecule has 0 aliphatic rings. The van der Waals surface area contributed by atoms with Gasteiger partial charge in [0, 0.05) is 12.3 Å². The Morgan fingerprint density at radius 2 is 1.80 bits per heavy atom. The molecular weight excluding hydrogens is 255 g/mol. The Morgan fingerprint density at radius 1 is 1.00 bits per heavy atom. The fourth-order valence-electron chi connectivity index (χ4n) is 2.29. The zero-order chi connectivity index (χ0) is 14.5. The number of rotatable bonds is 5. The molecule has 0 bridgehead atoms. The van der Waals surface area contributed by atoms with Gasteiger partial charge >= 0.3 is 0 Å². The Balaban J connectivity index is 2.49. The third-order valence-corrected chi connectivity index (χ3v) is 3.29. The summed E-state index contributed by atoms with van der Waals surface area (Å²) in [7, 11) is 0. The Bertz CT molecular complexity index is 599. The first-order valence-electron chi connectivity index (χ1n) is 6.64. The fraction of sp³-hybridized carbons (Fsp3) is 0.250. The van der Waals surface area contributed by atoms with Gasteiger partial charge in [0.1, 0.15) is 5.82 Å². The van der Waals surface area contributed by atoms with Gasteiger partial charge in [-0.05, 0) is 65.9 Å². The van der Waals surface area contributed by atoms with Crippen molar-refractivity contribution in [1.82, 2.24) is 0 Å². The number of aliphatic hydroxyl groups is 1. The van der Waals surface area contributed by atoms with Gasteiger partial charge in [-0.25, -0.2) is 4.39 Å². The van der Waals surface area contributed by atoms with Gasteiger partial charge in [-0.2, -0.15) is 0 Å². The minimum atomic E-state index is -0.244. The molecule has 0 saturated carbocycles. The highest BCUT2D eigenvalue weighted by Gasteiger charge is 2.09. The first-order chi connectivity index (χ1) is 9.65. The minimum absolute atomic E-state index is 0.0633. The van der Waals surface area contributed by atoms with Crippen LogP contribution in [0.2, 0.25) is 0 Å². The molecule has 0 spiro atoms. The number of hydrogen-bond donors (Lipinski definition) is 3. The van der Waals surface area contributed by atoms with Gasteiger partial charge in [-0.1, -0.05) is 12.1 Å². The average molecular weight is 274 g/mol. The van der Waals surface area contributed by atoms with Crippen molar-refractivity contribution in [3.63, 3.8) is 0 Å². The molecule has 0 aliphatic heterocycles. The van der Waals surface area contributed by atoms with Crippen LogP contribution in [0.25, 0.3) is 11.1 Å². The number of anilines is 1. The molecule has 0 aromatic heterocycles. The van der Waals surface area contributed by atoms with E-state index >= 15 is 0 Å². The maximum absolute atomic E-state index is 13.7. The van der Waals surface area contributed by atoms with Gasteiger partial charge in [0.05, 0.1) is 0 Å². The zero-order valence-corrected chi connectivity index (χ0v) is 11.3. The van der Waals surface area contributed by atoms with Gasteiger partial charge in [0.25, 0.3) is 0 Å². The largest absolute Gasteiger partial charge is 0.399 e. The zero-order valence-electron chi connectivity index (χ0n) is 11.3. The second kappa shape index (κ2) is 6.50. The number of nitrogen functional groups attached to an aromatic ring is 1. The fourth-order valence-corrected chi connectivity index (χ4v) is 2.29. The quantitative estimate of drug-likeness (QED) is 0.731. The molecule has 2 aromatic carbocycles. The van der Waals surface area contributed by atoms with Gasteiger partial charge in [0.15, 0.2) is 0 Å². The van der Waals surface area contributed by atoms with E-state index in [0.29, 0.717) is 30.6 Å². The second-order valence-corrected chi connectivity index (χ2v) is 4.74. The summed E-state index contributed by atoms with van der Waals surface area (Å²) in [6.07, 6.45) is 1.04. The van der Waals surface area contributed by atoms with E-state index in [9.17, 15) is 4.39 Å². The Kier molecular flexibility index (Phi) is 4.71. The number of hydrogen-bond acceptors (Lipinski definition) is 3. The molecular formula is C16H19FN2O. The third-order valence-electron chi connectivity index (χ3n) is 3.29. The Hall–Kier alpha value is -1.91. The van der Waals surface area contributed by atoms with Gasteiger partial charge in [-0.15, -0.1) is 0 Å². The average Bonchev–Trinajstić information content (AvgIpc) is 2.44. The van der Waals surface area contributed by atoms with Gasteiger partial charge in [0.2, 0.25) is 0 Å². The molecule has 20 heavy (non-hydrogen) atoms. The van der Waals surface area contributed by atoms with Crippen LogP contribution >= 0.6 is 0 Å². The van der Waals surface area contributed by atoms with Crippen molar-refractivity contribution in [1.29, 1.82) is 0 Å². The second-order valence-electron chi connectivity index (χ2n) is 4.74. The van der Waals surface area contributed by atoms with Crippen LogP contribution in [-0.2, 0) is 12.8 Å². The summed E-state index contributed by atoms with van der Waals surface area (Å²) in [6, 6.07) is 10.5. The third kappa shape index (κ3) is 3.15. The van der Waals surface area contributed by atoms with Crippen molar-refractivity contribution in [2.75, 3.05) is 18.9 Å². The maximum atomic E-state index is 13.7. The van der Waals surface area contributed by atoms with E-state index in [4.69, 9.17) is 16.6 Å². The SMILES string of the molecule is NCCc1cc(-c2cc(N)ccc2CCO)ccc1F. The summed E-state index contributed by atoms with van der Waals surface area (Å²) >= 11 is 0. The normalized spacial score (nSPS) is 10.8. The monoisotopic (exact) mass is 274 g/mol. The van der Waals surface area contributed by atoms with Crippen LogP contribution in [-0.4, -0.2) is 18.3 Å². The first kappa shape index (κ1) is 14.5. The van der Waals surface area contributed by atoms with Crippen molar-refractivity contribution >= 4 is 5.69 Å². The lowest BCUT2D eigenvalue weighted by Crippen LogP contribution is -2.05. The molecule has 0 unspecified atom stereocenters. The van der Waals surface area contributed by atoms with Crippen LogP contribution in [0.4, 0.5) is 10.1 Å². The van der Waals surface area contributed by atoms with E-state index in [0.717, 1.165) is 16.7 Å². The number of halogens is 1. The van der Waals surface area contributed by atoms with Crippen molar-refractivity contribution in [3.05, 3.63) is 53.3 Å². The van der Waals surface area contributed by atoms with Gasteiger partial charge in [-0.3, -0.25) is 0 Å². The molecule has 0 saturated heterocycles. The molecule has 0 radical (unpaired) electrons. The van der Waals surface area contributed by atoms with Crippen LogP contribution < -0.4 is 11.5 Å². The summed E-state index contributed by atoms with van der Waals surface area (Å²) in [6.45, 7) is 0.467. The van der Waals surface area contributed by atoms with Crippen LogP contribution in [0.15, 0.2) is 36.4 Å². The molecule has 106 valence electrons. The van der Waals surface area contributed by atoms with E-state index in [2.05, 4.69) is 0 Å². The van der Waals surface area contributed by atoms with E-state index in [1.807, 2.05) is 12.1 Å². The summed E-state index contributed by atoms with van der Waals surface area (Å²) in [5.74, 6) is -0.244. The Morgan fingerprint density at radius 3 is 2.50 bits per heavy atom. The lowest BCUT2D eigenvalue weighted by atomic mass is 9.95. The molecule has 0 heterocycles. The molecule has 5 N–H and O–H groups in total. The van der Waals surface area contributed by atoms with Crippen LogP contribution in [0.5, 0.6) is 0 Å². The predicted molar refractivity (Wildman–Crippen MR) is 79.8 cm³/mol. The van der Waals surface area contributed by atoms with Gasteiger partial charge < -0.3 is 16.6 Å². The van der Waals surface area contributed by atoms with Crippen molar-refractivity contribution in [2.45, 2.75) is 12.8 Å². The van der Waals surface area contributed by atoms with E-state index in [1.54, 1.807) is 18.2 Å². The van der Waals surface area contributed by atoms with Crippen molar-refractivity contribution in [3.8, 4) is 11.1 Å². The predicted octanol–water partition coefficient (Wildman–Crippen LogP) is 2.11. The van der Waals surface area contributed by atoms with E-state index in [-0.39, 0.29) is 12.4 Å². The lowest BCUT2D eigenvalue weighted by Gasteiger charge is -2.12. The smallest absolute Gasteiger partial charge is 0.126 e. The molecule has 0 fully saturated rings. The maximum Gasteiger partial charge on any atom is 0.126 e. The number of aliphatic hydroxyl groups excluding tert-OH is 1.